The molecule has 0 fully saturated rings. The van der Waals surface area contributed by atoms with Gasteiger partial charge in [-0.3, -0.25) is 12.2 Å². The topological polar surface area (TPSA) is 0 Å². The number of rotatable bonds is 0. The minimum Gasteiger partial charge on any atom is -1.00 e. The van der Waals surface area contributed by atoms with Gasteiger partial charge < -0.3 is 47.1 Å². The van der Waals surface area contributed by atoms with Crippen molar-refractivity contribution in [1.29, 1.82) is 0 Å². The molecule has 0 bridgehead atoms. The van der Waals surface area contributed by atoms with Gasteiger partial charge in [-0.25, -0.2) is 24.3 Å². The molecule has 0 aromatic heterocycles. The summed E-state index contributed by atoms with van der Waals surface area (Å²) in [5.74, 6) is 0. The summed E-state index contributed by atoms with van der Waals surface area (Å²) in [6.45, 7) is 0. The average molecular weight is 337 g/mol. The van der Waals surface area contributed by atoms with Gasteiger partial charge in [0.1, 0.15) is 0 Å². The summed E-state index contributed by atoms with van der Waals surface area (Å²) in [6.07, 6.45) is 20.0. The molecule has 0 amide bonds. The molecule has 0 saturated heterocycles. The minimum absolute atomic E-state index is 0. The Bertz CT molecular complexity index is 152. The Labute approximate surface area is 134 Å². The maximum atomic E-state index is 2.99. The van der Waals surface area contributed by atoms with Crippen LogP contribution < -0.4 is 24.8 Å². The van der Waals surface area contributed by atoms with Gasteiger partial charge >= 0.3 is 26.2 Å². The van der Waals surface area contributed by atoms with E-state index in [2.05, 4.69) is 24.3 Å². The Balaban J connectivity index is -0.0000000227. The Morgan fingerprint density at radius 1 is 0.688 bits per heavy atom. The first-order valence-corrected chi connectivity index (χ1v) is 3.43. The van der Waals surface area contributed by atoms with Crippen molar-refractivity contribution in [2.45, 2.75) is 12.8 Å². The van der Waals surface area contributed by atoms with E-state index in [0.29, 0.717) is 0 Å². The van der Waals surface area contributed by atoms with Gasteiger partial charge in [-0.2, -0.15) is 12.2 Å². The summed E-state index contributed by atoms with van der Waals surface area (Å²) in [5.41, 5.74) is 0. The summed E-state index contributed by atoms with van der Waals surface area (Å²) < 4.78 is 0. The van der Waals surface area contributed by atoms with E-state index in [4.69, 9.17) is 0 Å². The molecule has 0 aromatic carbocycles. The fourth-order valence-corrected chi connectivity index (χ4v) is 0.680. The van der Waals surface area contributed by atoms with Crippen molar-refractivity contribution >= 4 is 0 Å². The van der Waals surface area contributed by atoms with Crippen LogP contribution in [0.4, 0.5) is 0 Å². The molecule has 0 heterocycles. The van der Waals surface area contributed by atoms with Gasteiger partial charge in [0.25, 0.3) is 0 Å². The molecule has 0 spiro atoms. The first kappa shape index (κ1) is 36.0. The first-order valence-electron chi connectivity index (χ1n) is 3.43. The zero-order valence-corrected chi connectivity index (χ0v) is 14.1. The first-order chi connectivity index (χ1) is 5.00. The molecule has 0 radical (unpaired) electrons. The van der Waals surface area contributed by atoms with Gasteiger partial charge in [0.15, 0.2) is 0 Å². The number of hydrogen-bond donors (Lipinski definition) is 0. The van der Waals surface area contributed by atoms with Gasteiger partial charge in [-0.05, 0) is 0 Å². The van der Waals surface area contributed by atoms with E-state index < -0.39 is 0 Å². The Morgan fingerprint density at radius 2 is 1.00 bits per heavy atom. The van der Waals surface area contributed by atoms with Crippen LogP contribution in [-0.4, -0.2) is 0 Å². The minimum atomic E-state index is 0. The van der Waals surface area contributed by atoms with Gasteiger partial charge in [-0.15, -0.1) is 12.8 Å². The van der Waals surface area contributed by atoms with Crippen molar-refractivity contribution < 1.29 is 51.0 Å². The van der Waals surface area contributed by atoms with Crippen LogP contribution in [-0.2, 0) is 26.2 Å². The van der Waals surface area contributed by atoms with Crippen LogP contribution in [0.3, 0.4) is 0 Å². The summed E-state index contributed by atoms with van der Waals surface area (Å²) in [4.78, 5) is 0. The molecule has 0 saturated carbocycles. The summed E-state index contributed by atoms with van der Waals surface area (Å²) in [6, 6.07) is 0. The molecule has 2 rings (SSSR count). The molecule has 0 nitrogen and oxygen atoms in total. The van der Waals surface area contributed by atoms with E-state index in [9.17, 15) is 0 Å². The van der Waals surface area contributed by atoms with E-state index in [-0.39, 0.29) is 73.3 Å². The predicted octanol–water partition coefficient (Wildman–Crippen LogP) is -2.03. The molecule has 16 heavy (non-hydrogen) atoms. The summed E-state index contributed by atoms with van der Waals surface area (Å²) in [7, 11) is 0. The molecule has 2 aliphatic rings. The van der Waals surface area contributed by atoms with Gasteiger partial charge in [0.2, 0.25) is 0 Å². The average Bonchev–Trinajstić information content (AvgIpc) is 2.67. The van der Waals surface area contributed by atoms with E-state index in [1.807, 2.05) is 24.3 Å². The quantitative estimate of drug-likeness (QED) is 0.447. The summed E-state index contributed by atoms with van der Waals surface area (Å²) >= 11 is 0. The molecule has 94 valence electrons. The number of allylic oxidation sites excluding steroid dienone is 8. The maximum Gasteiger partial charge on any atom is 2.00 e. The molecule has 0 unspecified atom stereocenters. The Hall–Kier alpha value is 0.423. The van der Waals surface area contributed by atoms with Gasteiger partial charge in [0.05, 0.1) is 0 Å². The van der Waals surface area contributed by atoms with Gasteiger partial charge in [0, 0.05) is 0 Å². The zero-order chi connectivity index (χ0) is 7.07. The molecule has 3 heteroatoms. The normalized spacial score (nSPS) is 11.0. The molecular formula is C13H19Cl2Zr-5. The van der Waals surface area contributed by atoms with Crippen molar-refractivity contribution in [2.24, 2.45) is 0 Å². The van der Waals surface area contributed by atoms with Crippen molar-refractivity contribution in [2.75, 3.05) is 0 Å². The second-order valence-corrected chi connectivity index (χ2v) is 2.01. The van der Waals surface area contributed by atoms with Crippen LogP contribution in [0.5, 0.6) is 0 Å². The van der Waals surface area contributed by atoms with Crippen LogP contribution in [0.15, 0.2) is 36.5 Å². The van der Waals surface area contributed by atoms with Crippen LogP contribution in [0.1, 0.15) is 12.8 Å². The van der Waals surface area contributed by atoms with Crippen molar-refractivity contribution in [3.8, 4) is 0 Å². The fraction of sp³-hybridized carbons (Fsp3) is 0.154. The largest absolute Gasteiger partial charge is 2.00 e. The van der Waals surface area contributed by atoms with Crippen LogP contribution in [0.2, 0.25) is 0 Å². The molecule has 0 aliphatic heterocycles. The van der Waals surface area contributed by atoms with Crippen molar-refractivity contribution in [3.63, 3.8) is 0 Å². The van der Waals surface area contributed by atoms with E-state index >= 15 is 0 Å². The molecule has 0 N–H and O–H groups in total. The van der Waals surface area contributed by atoms with E-state index in [1.165, 1.54) is 0 Å². The van der Waals surface area contributed by atoms with Gasteiger partial charge in [-0.1, -0.05) is 0 Å². The van der Waals surface area contributed by atoms with Crippen molar-refractivity contribution in [1.82, 2.24) is 0 Å². The van der Waals surface area contributed by atoms with Crippen LogP contribution in [0.25, 0.3) is 0 Å². The third kappa shape index (κ3) is 23.9. The van der Waals surface area contributed by atoms with Crippen molar-refractivity contribution in [3.05, 3.63) is 70.9 Å². The molecule has 0 aromatic rings. The Kier molecular flexibility index (Phi) is 66.4. The van der Waals surface area contributed by atoms with Crippen LogP contribution in [0, 0.1) is 34.4 Å². The fourth-order valence-electron chi connectivity index (χ4n) is 0.680. The number of hydrogen-bond acceptors (Lipinski definition) is 0. The van der Waals surface area contributed by atoms with E-state index in [0.717, 1.165) is 12.8 Å². The third-order valence-corrected chi connectivity index (χ3v) is 1.17. The SMILES string of the molecule is [C-]1=CC=CC1.[C-]1=CC=CC1.[CH3-].[CH3-].[CH3-].[Cl-].[Cl-].[Zr+2]. The zero-order valence-electron chi connectivity index (χ0n) is 10.1. The molecule has 2 aliphatic carbocycles. The Morgan fingerprint density at radius 3 is 1.06 bits per heavy atom. The molecular weight excluding hydrogens is 318 g/mol. The number of halogens is 2. The third-order valence-electron chi connectivity index (χ3n) is 1.17. The molecule has 0 atom stereocenters. The standard InChI is InChI=1S/2C5H5.3CH3.2ClH.Zr/c2*1-2-4-5-3-1;;;;;;/h2*1-3H,4H2;3*1H3;2*1H;/q5*-1;;;+2/p-2. The second kappa shape index (κ2) is 29.5. The maximum absolute atomic E-state index is 2.99. The summed E-state index contributed by atoms with van der Waals surface area (Å²) in [5, 5.41) is 0. The monoisotopic (exact) mass is 335 g/mol. The predicted molar refractivity (Wildman–Crippen MR) is 62.4 cm³/mol. The van der Waals surface area contributed by atoms with Crippen LogP contribution >= 0.6 is 0 Å². The second-order valence-electron chi connectivity index (χ2n) is 2.01. The van der Waals surface area contributed by atoms with E-state index in [1.54, 1.807) is 0 Å². The smallest absolute Gasteiger partial charge is 1.00 e.